The van der Waals surface area contributed by atoms with Crippen molar-refractivity contribution in [3.63, 3.8) is 0 Å². The van der Waals surface area contributed by atoms with E-state index in [9.17, 15) is 9.59 Å². The van der Waals surface area contributed by atoms with Gasteiger partial charge < -0.3 is 15.0 Å². The lowest BCUT2D eigenvalue weighted by Gasteiger charge is -2.27. The van der Waals surface area contributed by atoms with Gasteiger partial charge in [-0.1, -0.05) is 6.07 Å². The highest BCUT2D eigenvalue weighted by Crippen LogP contribution is 2.21. The van der Waals surface area contributed by atoms with Crippen LogP contribution in [0.25, 0.3) is 0 Å². The van der Waals surface area contributed by atoms with Gasteiger partial charge in [0.2, 0.25) is 11.8 Å². The number of amides is 2. The third-order valence-corrected chi connectivity index (χ3v) is 5.55. The van der Waals surface area contributed by atoms with Crippen LogP contribution in [0.5, 0.6) is 0 Å². The Hall–Kier alpha value is -1.40. The largest absolute Gasteiger partial charge is 0.376 e. The molecule has 2 saturated heterocycles. The molecule has 3 heterocycles. The van der Waals surface area contributed by atoms with Crippen LogP contribution in [0, 0.1) is 0 Å². The molecule has 2 fully saturated rings. The maximum absolute atomic E-state index is 12.6. The number of hydrogen-bond acceptors (Lipinski definition) is 4. The van der Waals surface area contributed by atoms with E-state index in [1.165, 1.54) is 0 Å². The molecule has 0 aliphatic carbocycles. The Morgan fingerprint density at radius 3 is 3.00 bits per heavy atom. The number of carbonyl (C=O) groups is 2. The summed E-state index contributed by atoms with van der Waals surface area (Å²) in [5, 5.41) is 5.02. The number of nitrogens with one attached hydrogen (secondary N) is 1. The van der Waals surface area contributed by atoms with Gasteiger partial charge in [-0.3, -0.25) is 9.59 Å². The van der Waals surface area contributed by atoms with Crippen molar-refractivity contribution in [3.8, 4) is 0 Å². The van der Waals surface area contributed by atoms with Gasteiger partial charge in [-0.2, -0.15) is 0 Å². The fourth-order valence-corrected chi connectivity index (χ4v) is 4.11. The molecule has 1 aromatic heterocycles. The number of thiophene rings is 1. The van der Waals surface area contributed by atoms with E-state index in [-0.39, 0.29) is 30.0 Å². The van der Waals surface area contributed by atoms with Crippen LogP contribution in [-0.2, 0) is 20.7 Å². The van der Waals surface area contributed by atoms with Crippen LogP contribution in [0.1, 0.15) is 37.5 Å². The number of nitrogens with zero attached hydrogens (tertiary/aromatic N) is 1. The Morgan fingerprint density at radius 1 is 1.43 bits per heavy atom. The Bertz CT molecular complexity index is 540. The molecule has 3 unspecified atom stereocenters. The van der Waals surface area contributed by atoms with Gasteiger partial charge in [-0.25, -0.2) is 0 Å². The summed E-state index contributed by atoms with van der Waals surface area (Å²) in [6, 6.07) is 3.59. The second-order valence-electron chi connectivity index (χ2n) is 6.35. The molecule has 23 heavy (non-hydrogen) atoms. The van der Waals surface area contributed by atoms with Crippen LogP contribution in [0.4, 0.5) is 0 Å². The first-order valence-electron chi connectivity index (χ1n) is 8.39. The summed E-state index contributed by atoms with van der Waals surface area (Å²) in [7, 11) is 0. The van der Waals surface area contributed by atoms with Crippen molar-refractivity contribution in [3.05, 3.63) is 22.4 Å². The average Bonchev–Trinajstić information content (AvgIpc) is 3.28. The molecule has 5 nitrogen and oxygen atoms in total. The summed E-state index contributed by atoms with van der Waals surface area (Å²) in [5.74, 6) is 0.0138. The van der Waals surface area contributed by atoms with E-state index in [4.69, 9.17) is 4.74 Å². The predicted molar refractivity (Wildman–Crippen MR) is 89.3 cm³/mol. The predicted octanol–water partition coefficient (Wildman–Crippen LogP) is 1.97. The normalized spacial score (nSPS) is 25.5. The summed E-state index contributed by atoms with van der Waals surface area (Å²) >= 11 is 1.58. The van der Waals surface area contributed by atoms with Crippen molar-refractivity contribution < 1.29 is 14.3 Å². The van der Waals surface area contributed by atoms with Gasteiger partial charge in [0.1, 0.15) is 6.04 Å². The number of ether oxygens (including phenoxy) is 1. The second-order valence-corrected chi connectivity index (χ2v) is 7.38. The van der Waals surface area contributed by atoms with Crippen LogP contribution < -0.4 is 5.32 Å². The fraction of sp³-hybridized carbons (Fsp3) is 0.647. The summed E-state index contributed by atoms with van der Waals surface area (Å²) in [6.07, 6.45) is 4.19. The zero-order chi connectivity index (χ0) is 16.2. The lowest BCUT2D eigenvalue weighted by atomic mass is 10.1. The highest BCUT2D eigenvalue weighted by molar-refractivity contribution is 7.10. The minimum Gasteiger partial charge on any atom is -0.376 e. The average molecular weight is 336 g/mol. The first kappa shape index (κ1) is 16.5. The molecule has 2 amide bonds. The van der Waals surface area contributed by atoms with Crippen molar-refractivity contribution in [2.45, 2.75) is 57.2 Å². The molecule has 6 heteroatoms. The van der Waals surface area contributed by atoms with Crippen LogP contribution in [0.2, 0.25) is 0 Å². The van der Waals surface area contributed by atoms with Crippen molar-refractivity contribution >= 4 is 23.2 Å². The minimum atomic E-state index is -0.327. The lowest BCUT2D eigenvalue weighted by Crippen LogP contribution is -2.51. The molecule has 0 aromatic carbocycles. The molecule has 3 atom stereocenters. The zero-order valence-corrected chi connectivity index (χ0v) is 14.3. The molecular formula is C17H24N2O3S. The number of rotatable bonds is 5. The van der Waals surface area contributed by atoms with E-state index >= 15 is 0 Å². The maximum Gasteiger partial charge on any atom is 0.243 e. The Balaban J connectivity index is 1.56. The monoisotopic (exact) mass is 336 g/mol. The molecule has 3 rings (SSSR count). The summed E-state index contributed by atoms with van der Waals surface area (Å²) in [6.45, 7) is 3.44. The molecule has 0 bridgehead atoms. The first-order chi connectivity index (χ1) is 11.1. The number of carbonyl (C=O) groups excluding carboxylic acids is 2. The van der Waals surface area contributed by atoms with E-state index in [1.807, 2.05) is 24.4 Å². The van der Waals surface area contributed by atoms with Crippen LogP contribution in [0.3, 0.4) is 0 Å². The van der Waals surface area contributed by atoms with E-state index in [1.54, 1.807) is 16.2 Å². The Labute approximate surface area is 141 Å². The minimum absolute atomic E-state index is 0.000141. The van der Waals surface area contributed by atoms with Crippen molar-refractivity contribution in [1.29, 1.82) is 0 Å². The van der Waals surface area contributed by atoms with Crippen molar-refractivity contribution in [2.24, 2.45) is 0 Å². The van der Waals surface area contributed by atoms with E-state index < -0.39 is 0 Å². The summed E-state index contributed by atoms with van der Waals surface area (Å²) in [5.41, 5.74) is 0. The SMILES string of the molecule is CC(NC(=O)C1CCCN1C(=O)Cc1cccs1)C1CCCO1. The smallest absolute Gasteiger partial charge is 0.243 e. The molecule has 2 aliphatic rings. The van der Waals surface area contributed by atoms with Gasteiger partial charge in [0.25, 0.3) is 0 Å². The third kappa shape index (κ3) is 3.93. The molecular weight excluding hydrogens is 312 g/mol. The number of likely N-dealkylation sites (tertiary alicyclic amines) is 1. The van der Waals surface area contributed by atoms with Crippen molar-refractivity contribution in [1.82, 2.24) is 10.2 Å². The van der Waals surface area contributed by atoms with Crippen LogP contribution in [-0.4, -0.2) is 48.1 Å². The van der Waals surface area contributed by atoms with E-state index in [2.05, 4.69) is 5.32 Å². The maximum atomic E-state index is 12.6. The molecule has 2 aliphatic heterocycles. The van der Waals surface area contributed by atoms with E-state index in [0.29, 0.717) is 13.0 Å². The molecule has 0 radical (unpaired) electrons. The summed E-state index contributed by atoms with van der Waals surface area (Å²) < 4.78 is 5.63. The highest BCUT2D eigenvalue weighted by Gasteiger charge is 2.35. The molecule has 1 aromatic rings. The first-order valence-corrected chi connectivity index (χ1v) is 9.27. The van der Waals surface area contributed by atoms with Gasteiger partial charge in [-0.05, 0) is 44.1 Å². The highest BCUT2D eigenvalue weighted by atomic mass is 32.1. The molecule has 1 N–H and O–H groups in total. The topological polar surface area (TPSA) is 58.6 Å². The molecule has 0 saturated carbocycles. The zero-order valence-electron chi connectivity index (χ0n) is 13.5. The number of hydrogen-bond donors (Lipinski definition) is 1. The van der Waals surface area contributed by atoms with Crippen LogP contribution >= 0.6 is 11.3 Å². The Kier molecular flexibility index (Phi) is 5.33. The second kappa shape index (κ2) is 7.45. The van der Waals surface area contributed by atoms with Gasteiger partial charge in [0, 0.05) is 18.0 Å². The third-order valence-electron chi connectivity index (χ3n) is 4.67. The standard InChI is InChI=1S/C17H24N2O3S/c1-12(15-7-3-9-22-15)18-17(21)14-6-2-8-19(14)16(20)11-13-5-4-10-23-13/h4-5,10,12,14-15H,2-3,6-9,11H2,1H3,(H,18,21). The van der Waals surface area contributed by atoms with Crippen LogP contribution in [0.15, 0.2) is 17.5 Å². The van der Waals surface area contributed by atoms with Gasteiger partial charge in [-0.15, -0.1) is 11.3 Å². The summed E-state index contributed by atoms with van der Waals surface area (Å²) in [4.78, 5) is 27.9. The van der Waals surface area contributed by atoms with Crippen molar-refractivity contribution in [2.75, 3.05) is 13.2 Å². The quantitative estimate of drug-likeness (QED) is 0.894. The molecule has 126 valence electrons. The van der Waals surface area contributed by atoms with Gasteiger partial charge in [0.15, 0.2) is 0 Å². The molecule has 0 spiro atoms. The fourth-order valence-electron chi connectivity index (χ4n) is 3.41. The lowest BCUT2D eigenvalue weighted by molar-refractivity contribution is -0.138. The van der Waals surface area contributed by atoms with E-state index in [0.717, 1.165) is 37.2 Å². The van der Waals surface area contributed by atoms with Gasteiger partial charge >= 0.3 is 0 Å². The van der Waals surface area contributed by atoms with Gasteiger partial charge in [0.05, 0.1) is 18.6 Å². The Morgan fingerprint density at radius 2 is 2.30 bits per heavy atom.